The normalized spacial score (nSPS) is 10.8. The Morgan fingerprint density at radius 1 is 1.35 bits per heavy atom. The number of ether oxygens (including phenoxy) is 1. The van der Waals surface area contributed by atoms with E-state index in [0.717, 1.165) is 22.8 Å². The summed E-state index contributed by atoms with van der Waals surface area (Å²) in [5.74, 6) is 1.66. The number of halogens is 1. The van der Waals surface area contributed by atoms with Gasteiger partial charge < -0.3 is 9.26 Å². The molecule has 4 heteroatoms. The maximum absolute atomic E-state index is 5.64. The Balaban J connectivity index is 2.26. The predicted octanol–water partition coefficient (Wildman–Crippen LogP) is 4.02. The van der Waals surface area contributed by atoms with E-state index < -0.39 is 0 Å². The molecule has 0 N–H and O–H groups in total. The molecule has 90 valence electrons. The molecule has 1 heterocycles. The van der Waals surface area contributed by atoms with E-state index in [4.69, 9.17) is 9.26 Å². The van der Waals surface area contributed by atoms with Crippen LogP contribution in [0.15, 0.2) is 34.9 Å². The monoisotopic (exact) mass is 295 g/mol. The highest BCUT2D eigenvalue weighted by Crippen LogP contribution is 2.24. The van der Waals surface area contributed by atoms with Gasteiger partial charge in [0, 0.05) is 11.6 Å². The lowest BCUT2D eigenvalue weighted by Gasteiger charge is -2.09. The van der Waals surface area contributed by atoms with Crippen LogP contribution >= 0.6 is 15.9 Å². The van der Waals surface area contributed by atoms with Gasteiger partial charge in [-0.15, -0.1) is 0 Å². The fraction of sp³-hybridized carbons (Fsp3) is 0.308. The second-order valence-corrected chi connectivity index (χ2v) is 4.57. The highest BCUT2D eigenvalue weighted by molar-refractivity contribution is 9.08. The Morgan fingerprint density at radius 2 is 2.18 bits per heavy atom. The number of nitrogens with zero attached hydrogens (tertiary/aromatic N) is 1. The van der Waals surface area contributed by atoms with Crippen LogP contribution in [0.3, 0.4) is 0 Å². The summed E-state index contributed by atoms with van der Waals surface area (Å²) in [4.78, 5) is 0. The van der Waals surface area contributed by atoms with Crippen molar-refractivity contribution in [2.75, 3.05) is 0 Å². The predicted molar refractivity (Wildman–Crippen MR) is 70.3 cm³/mol. The first kappa shape index (κ1) is 12.2. The molecule has 0 aliphatic heterocycles. The number of benzene rings is 1. The third-order valence-corrected chi connectivity index (χ3v) is 2.74. The fourth-order valence-corrected chi connectivity index (χ4v) is 1.78. The molecule has 0 atom stereocenters. The zero-order chi connectivity index (χ0) is 12.3. The van der Waals surface area contributed by atoms with Gasteiger partial charge in [-0.2, -0.15) is 0 Å². The van der Waals surface area contributed by atoms with Gasteiger partial charge in [-0.05, 0) is 26.0 Å². The number of hydrogen-bond acceptors (Lipinski definition) is 3. The summed E-state index contributed by atoms with van der Waals surface area (Å²) >= 11 is 3.33. The molecule has 0 fully saturated rings. The molecule has 0 spiro atoms. The van der Waals surface area contributed by atoms with Crippen LogP contribution in [0.1, 0.15) is 19.6 Å². The number of rotatable bonds is 4. The van der Waals surface area contributed by atoms with Crippen molar-refractivity contribution in [3.05, 3.63) is 36.1 Å². The molecule has 2 aromatic rings. The van der Waals surface area contributed by atoms with Gasteiger partial charge in [0.25, 0.3) is 0 Å². The number of aromatic nitrogens is 1. The van der Waals surface area contributed by atoms with Crippen molar-refractivity contribution in [2.24, 2.45) is 0 Å². The lowest BCUT2D eigenvalue weighted by atomic mass is 10.1. The number of hydrogen-bond donors (Lipinski definition) is 0. The maximum Gasteiger partial charge on any atom is 0.147 e. The lowest BCUT2D eigenvalue weighted by Crippen LogP contribution is -2.05. The van der Waals surface area contributed by atoms with E-state index in [1.54, 1.807) is 0 Å². The van der Waals surface area contributed by atoms with Crippen LogP contribution in [-0.2, 0) is 5.33 Å². The second-order valence-electron chi connectivity index (χ2n) is 4.01. The van der Waals surface area contributed by atoms with Crippen LogP contribution in [0.2, 0.25) is 0 Å². The van der Waals surface area contributed by atoms with Gasteiger partial charge in [-0.3, -0.25) is 0 Å². The molecular formula is C13H14BrNO2. The smallest absolute Gasteiger partial charge is 0.147 e. The molecule has 17 heavy (non-hydrogen) atoms. The van der Waals surface area contributed by atoms with Crippen molar-refractivity contribution >= 4 is 15.9 Å². The summed E-state index contributed by atoms with van der Waals surface area (Å²) in [6.07, 6.45) is 0.167. The van der Waals surface area contributed by atoms with E-state index in [1.165, 1.54) is 0 Å². The summed E-state index contributed by atoms with van der Waals surface area (Å²) < 4.78 is 10.8. The van der Waals surface area contributed by atoms with E-state index >= 15 is 0 Å². The first-order valence-electron chi connectivity index (χ1n) is 5.47. The van der Waals surface area contributed by atoms with E-state index in [-0.39, 0.29) is 6.10 Å². The van der Waals surface area contributed by atoms with Gasteiger partial charge in [0.2, 0.25) is 0 Å². The third kappa shape index (κ3) is 3.09. The fourth-order valence-electron chi connectivity index (χ4n) is 1.51. The first-order chi connectivity index (χ1) is 8.19. The van der Waals surface area contributed by atoms with Gasteiger partial charge in [-0.25, -0.2) is 0 Å². The van der Waals surface area contributed by atoms with Crippen molar-refractivity contribution in [3.63, 3.8) is 0 Å². The van der Waals surface area contributed by atoms with Crippen LogP contribution in [0.25, 0.3) is 11.3 Å². The van der Waals surface area contributed by atoms with Crippen molar-refractivity contribution in [1.29, 1.82) is 0 Å². The summed E-state index contributed by atoms with van der Waals surface area (Å²) in [7, 11) is 0. The molecule has 0 saturated carbocycles. The Hall–Kier alpha value is -1.29. The lowest BCUT2D eigenvalue weighted by molar-refractivity contribution is 0.242. The average Bonchev–Trinajstić information content (AvgIpc) is 2.77. The summed E-state index contributed by atoms with van der Waals surface area (Å²) in [5, 5.41) is 4.69. The highest BCUT2D eigenvalue weighted by Gasteiger charge is 2.07. The minimum absolute atomic E-state index is 0.167. The largest absolute Gasteiger partial charge is 0.491 e. The van der Waals surface area contributed by atoms with E-state index in [2.05, 4.69) is 21.1 Å². The zero-order valence-electron chi connectivity index (χ0n) is 9.81. The Labute approximate surface area is 109 Å². The third-order valence-electron chi connectivity index (χ3n) is 2.19. The quantitative estimate of drug-likeness (QED) is 0.799. The van der Waals surface area contributed by atoms with Crippen molar-refractivity contribution in [3.8, 4) is 17.0 Å². The summed E-state index contributed by atoms with van der Waals surface area (Å²) in [6, 6.07) is 9.77. The van der Waals surface area contributed by atoms with Crippen LogP contribution in [0.5, 0.6) is 5.75 Å². The minimum Gasteiger partial charge on any atom is -0.491 e. The molecule has 0 saturated heterocycles. The highest BCUT2D eigenvalue weighted by atomic mass is 79.9. The molecule has 0 aliphatic carbocycles. The van der Waals surface area contributed by atoms with Crippen LogP contribution in [0.4, 0.5) is 0 Å². The molecule has 1 aromatic carbocycles. The molecule has 0 unspecified atom stereocenters. The van der Waals surface area contributed by atoms with Crippen molar-refractivity contribution in [2.45, 2.75) is 25.3 Å². The zero-order valence-corrected chi connectivity index (χ0v) is 11.4. The van der Waals surface area contributed by atoms with E-state index in [9.17, 15) is 0 Å². The second kappa shape index (κ2) is 5.36. The van der Waals surface area contributed by atoms with Gasteiger partial charge in [0.05, 0.1) is 11.4 Å². The van der Waals surface area contributed by atoms with Gasteiger partial charge in [0.15, 0.2) is 0 Å². The Bertz CT molecular complexity index is 494. The van der Waals surface area contributed by atoms with Crippen LogP contribution in [-0.4, -0.2) is 11.3 Å². The molecular weight excluding hydrogens is 282 g/mol. The van der Waals surface area contributed by atoms with E-state index in [1.807, 2.05) is 44.2 Å². The molecule has 0 amide bonds. The molecule has 0 aliphatic rings. The van der Waals surface area contributed by atoms with E-state index in [0.29, 0.717) is 5.33 Å². The topological polar surface area (TPSA) is 35.3 Å². The van der Waals surface area contributed by atoms with Crippen LogP contribution in [0, 0.1) is 0 Å². The molecule has 1 aromatic heterocycles. The summed E-state index contributed by atoms with van der Waals surface area (Å²) in [5.41, 5.74) is 1.83. The van der Waals surface area contributed by atoms with Crippen molar-refractivity contribution < 1.29 is 9.26 Å². The maximum atomic E-state index is 5.64. The van der Waals surface area contributed by atoms with Crippen LogP contribution < -0.4 is 4.74 Å². The minimum atomic E-state index is 0.167. The van der Waals surface area contributed by atoms with Gasteiger partial charge in [-0.1, -0.05) is 33.2 Å². The SMILES string of the molecule is CC(C)Oc1cccc(-c2cc(CBr)on2)c1. The number of alkyl halides is 1. The van der Waals surface area contributed by atoms with Gasteiger partial charge >= 0.3 is 0 Å². The molecule has 2 rings (SSSR count). The van der Waals surface area contributed by atoms with Gasteiger partial charge in [0.1, 0.15) is 17.2 Å². The van der Waals surface area contributed by atoms with Crippen molar-refractivity contribution in [1.82, 2.24) is 5.16 Å². The molecule has 0 bridgehead atoms. The average molecular weight is 296 g/mol. The summed E-state index contributed by atoms with van der Waals surface area (Å²) in [6.45, 7) is 4.01. The Kier molecular flexibility index (Phi) is 3.84. The molecule has 0 radical (unpaired) electrons. The standard InChI is InChI=1S/C13H14BrNO2/c1-9(2)16-11-5-3-4-10(6-11)13-7-12(8-14)17-15-13/h3-7,9H,8H2,1-2H3. The Morgan fingerprint density at radius 3 is 2.82 bits per heavy atom. The first-order valence-corrected chi connectivity index (χ1v) is 6.60. The molecule has 3 nitrogen and oxygen atoms in total.